The summed E-state index contributed by atoms with van der Waals surface area (Å²) in [5, 5.41) is 20.9. The van der Waals surface area contributed by atoms with Gasteiger partial charge in [-0.05, 0) is 43.3 Å². The predicted molar refractivity (Wildman–Crippen MR) is 138 cm³/mol. The average molecular weight is 451 g/mol. The summed E-state index contributed by atoms with van der Waals surface area (Å²) < 4.78 is 2.04. The topological polar surface area (TPSA) is 69.9 Å². The van der Waals surface area contributed by atoms with Crippen LogP contribution in [0.3, 0.4) is 0 Å². The van der Waals surface area contributed by atoms with Crippen molar-refractivity contribution in [1.82, 2.24) is 4.57 Å². The number of aliphatic hydroxyl groups is 1. The van der Waals surface area contributed by atoms with Gasteiger partial charge in [0.2, 0.25) is 0 Å². The van der Waals surface area contributed by atoms with Gasteiger partial charge in [-0.15, -0.1) is 0 Å². The van der Waals surface area contributed by atoms with Crippen molar-refractivity contribution in [2.75, 3.05) is 16.9 Å². The average Bonchev–Trinajstić information content (AvgIpc) is 3.36. The minimum Gasteiger partial charge on any atom is -0.389 e. The first kappa shape index (κ1) is 21.7. The zero-order chi connectivity index (χ0) is 23.5. The molecule has 0 aliphatic carbocycles. The van der Waals surface area contributed by atoms with Crippen LogP contribution in [-0.4, -0.2) is 33.9 Å². The zero-order valence-electron chi connectivity index (χ0n) is 18.9. The maximum atomic E-state index is 13.1. The van der Waals surface area contributed by atoms with E-state index in [4.69, 9.17) is 0 Å². The smallest absolute Gasteiger partial charge is 0.280 e. The van der Waals surface area contributed by atoms with E-state index in [9.17, 15) is 9.90 Å². The first-order valence-corrected chi connectivity index (χ1v) is 11.3. The molecule has 6 heteroatoms. The molecule has 0 spiro atoms. The van der Waals surface area contributed by atoms with Crippen molar-refractivity contribution >= 4 is 40.0 Å². The summed E-state index contributed by atoms with van der Waals surface area (Å²) in [4.78, 5) is 13.1. The lowest BCUT2D eigenvalue weighted by Gasteiger charge is -2.14. The largest absolute Gasteiger partial charge is 0.389 e. The monoisotopic (exact) mass is 450 g/mol. The normalized spacial score (nSPS) is 15.7. The lowest BCUT2D eigenvalue weighted by atomic mass is 10.1. The molecule has 170 valence electrons. The number of carbonyl (C=O) groups excluding carboxylic acids is 1. The Hall–Kier alpha value is -4.16. The van der Waals surface area contributed by atoms with Crippen LogP contribution in [0.4, 0.5) is 11.4 Å². The molecule has 6 nitrogen and oxygen atoms in total. The van der Waals surface area contributed by atoms with Gasteiger partial charge in [0, 0.05) is 34.9 Å². The highest BCUT2D eigenvalue weighted by atomic mass is 16.3. The fraction of sp³-hybridized carbons (Fsp3) is 0.143. The number of hydrogen-bond donors (Lipinski definition) is 2. The Bertz CT molecular complexity index is 1370. The number of benzene rings is 3. The molecule has 0 saturated heterocycles. The number of rotatable bonds is 7. The van der Waals surface area contributed by atoms with Crippen molar-refractivity contribution in [3.05, 3.63) is 102 Å². The molecular weight excluding hydrogens is 424 g/mol. The first-order valence-electron chi connectivity index (χ1n) is 11.3. The van der Waals surface area contributed by atoms with Gasteiger partial charge in [0.25, 0.3) is 5.91 Å². The number of aromatic nitrogens is 1. The Morgan fingerprint density at radius 1 is 0.971 bits per heavy atom. The summed E-state index contributed by atoms with van der Waals surface area (Å²) in [6.45, 7) is 2.72. The quantitative estimate of drug-likeness (QED) is 0.393. The molecule has 2 N–H and O–H groups in total. The second kappa shape index (κ2) is 9.37. The van der Waals surface area contributed by atoms with E-state index in [1.54, 1.807) is 0 Å². The van der Waals surface area contributed by atoms with Crippen molar-refractivity contribution in [3.8, 4) is 0 Å². The molecular formula is C28H26N4O2. The van der Waals surface area contributed by atoms with Crippen molar-refractivity contribution in [2.45, 2.75) is 19.6 Å². The number of hydrogen-bond acceptors (Lipinski definition) is 4. The SMILES string of the molecule is CC1=NN(c2ccccc2)C(=O)/C1=C/c1cn(C[C@@H](O)CNc2ccccc2)c2ccccc12. The number of anilines is 2. The molecule has 1 amide bonds. The minimum absolute atomic E-state index is 0.146. The molecule has 0 radical (unpaired) electrons. The van der Waals surface area contributed by atoms with Crippen LogP contribution < -0.4 is 10.3 Å². The Morgan fingerprint density at radius 3 is 2.41 bits per heavy atom. The second-order valence-corrected chi connectivity index (χ2v) is 8.35. The van der Waals surface area contributed by atoms with E-state index in [0.29, 0.717) is 24.4 Å². The van der Waals surface area contributed by atoms with Gasteiger partial charge in [0.1, 0.15) is 0 Å². The predicted octanol–water partition coefficient (Wildman–Crippen LogP) is 4.92. The lowest BCUT2D eigenvalue weighted by Crippen LogP contribution is -2.24. The third-order valence-corrected chi connectivity index (χ3v) is 5.91. The van der Waals surface area contributed by atoms with E-state index in [1.807, 2.05) is 109 Å². The summed E-state index contributed by atoms with van der Waals surface area (Å²) >= 11 is 0. The molecule has 0 unspecified atom stereocenters. The van der Waals surface area contributed by atoms with E-state index in [2.05, 4.69) is 10.4 Å². The summed E-state index contributed by atoms with van der Waals surface area (Å²) in [6, 6.07) is 27.3. The summed E-state index contributed by atoms with van der Waals surface area (Å²) in [7, 11) is 0. The number of fused-ring (bicyclic) bond motifs is 1. The third-order valence-electron chi connectivity index (χ3n) is 5.91. The first-order chi connectivity index (χ1) is 16.6. The number of carbonyl (C=O) groups is 1. The van der Waals surface area contributed by atoms with E-state index >= 15 is 0 Å². The van der Waals surface area contributed by atoms with Crippen LogP contribution in [-0.2, 0) is 11.3 Å². The molecule has 3 aromatic carbocycles. The van der Waals surface area contributed by atoms with Crippen LogP contribution in [0.2, 0.25) is 0 Å². The van der Waals surface area contributed by atoms with E-state index < -0.39 is 6.10 Å². The number of aliphatic hydroxyl groups excluding tert-OH is 1. The molecule has 1 aliphatic rings. The number of nitrogens with zero attached hydrogens (tertiary/aromatic N) is 3. The highest BCUT2D eigenvalue weighted by Gasteiger charge is 2.29. The highest BCUT2D eigenvalue weighted by Crippen LogP contribution is 2.28. The van der Waals surface area contributed by atoms with Gasteiger partial charge in [0.05, 0.1) is 29.6 Å². The Kier molecular flexibility index (Phi) is 5.97. The summed E-state index contributed by atoms with van der Waals surface area (Å²) in [5.74, 6) is -0.146. The van der Waals surface area contributed by atoms with Crippen LogP contribution in [0.5, 0.6) is 0 Å². The number of hydrazone groups is 1. The van der Waals surface area contributed by atoms with Crippen molar-refractivity contribution < 1.29 is 9.90 Å². The van der Waals surface area contributed by atoms with Gasteiger partial charge in [0.15, 0.2) is 0 Å². The molecule has 1 aliphatic heterocycles. The van der Waals surface area contributed by atoms with Gasteiger partial charge in [-0.25, -0.2) is 0 Å². The third kappa shape index (κ3) is 4.36. The van der Waals surface area contributed by atoms with E-state index in [1.165, 1.54) is 5.01 Å². The Morgan fingerprint density at radius 2 is 1.65 bits per heavy atom. The van der Waals surface area contributed by atoms with E-state index in [-0.39, 0.29) is 5.91 Å². The van der Waals surface area contributed by atoms with Crippen molar-refractivity contribution in [3.63, 3.8) is 0 Å². The Labute approximate surface area is 198 Å². The molecule has 4 aromatic rings. The number of para-hydroxylation sites is 3. The number of amides is 1. The van der Waals surface area contributed by atoms with Crippen LogP contribution in [0.25, 0.3) is 17.0 Å². The lowest BCUT2D eigenvalue weighted by molar-refractivity contribution is -0.114. The maximum absolute atomic E-state index is 13.1. The van der Waals surface area contributed by atoms with Crippen molar-refractivity contribution in [2.24, 2.45) is 5.10 Å². The van der Waals surface area contributed by atoms with Crippen LogP contribution >= 0.6 is 0 Å². The van der Waals surface area contributed by atoms with Crippen LogP contribution in [0.1, 0.15) is 12.5 Å². The van der Waals surface area contributed by atoms with Gasteiger partial charge in [-0.2, -0.15) is 10.1 Å². The summed E-state index contributed by atoms with van der Waals surface area (Å²) in [5.41, 5.74) is 4.89. The van der Waals surface area contributed by atoms with Gasteiger partial charge >= 0.3 is 0 Å². The molecule has 1 aromatic heterocycles. The minimum atomic E-state index is -0.582. The molecule has 0 fully saturated rings. The van der Waals surface area contributed by atoms with Crippen LogP contribution in [0.15, 0.2) is 102 Å². The molecule has 34 heavy (non-hydrogen) atoms. The van der Waals surface area contributed by atoms with Gasteiger partial charge < -0.3 is 15.0 Å². The maximum Gasteiger partial charge on any atom is 0.280 e. The van der Waals surface area contributed by atoms with Crippen molar-refractivity contribution in [1.29, 1.82) is 0 Å². The fourth-order valence-corrected chi connectivity index (χ4v) is 4.21. The van der Waals surface area contributed by atoms with Gasteiger partial charge in [-0.3, -0.25) is 4.79 Å². The molecule has 0 saturated carbocycles. The molecule has 2 heterocycles. The molecule has 5 rings (SSSR count). The van der Waals surface area contributed by atoms with Gasteiger partial charge in [-0.1, -0.05) is 54.6 Å². The summed E-state index contributed by atoms with van der Waals surface area (Å²) in [6.07, 6.45) is 3.31. The Balaban J connectivity index is 1.40. The highest BCUT2D eigenvalue weighted by molar-refractivity contribution is 6.32. The fourth-order valence-electron chi connectivity index (χ4n) is 4.21. The van der Waals surface area contributed by atoms with Crippen LogP contribution in [0, 0.1) is 0 Å². The second-order valence-electron chi connectivity index (χ2n) is 8.35. The zero-order valence-corrected chi connectivity index (χ0v) is 18.9. The molecule has 1 atom stereocenters. The number of nitrogens with one attached hydrogen (secondary N) is 1. The van der Waals surface area contributed by atoms with E-state index in [0.717, 1.165) is 27.8 Å². The standard InChI is InChI=1S/C28H26N4O2/c1-20-26(28(34)32(30-20)23-12-6-3-7-13-23)16-21-18-31(27-15-9-8-14-25(21)27)19-24(33)17-29-22-10-4-2-5-11-22/h2-16,18,24,29,33H,17,19H2,1H3/b26-16+/t24-/m0/s1. The molecule has 0 bridgehead atoms.